The predicted octanol–water partition coefficient (Wildman–Crippen LogP) is 2.50. The quantitative estimate of drug-likeness (QED) is 0.864. The molecule has 0 bridgehead atoms. The Balaban J connectivity index is 1.79. The van der Waals surface area contributed by atoms with E-state index in [-0.39, 0.29) is 10.8 Å². The molecule has 6 heteroatoms. The van der Waals surface area contributed by atoms with Crippen LogP contribution in [0.5, 0.6) is 0 Å². The SMILES string of the molecule is NS(=O)(=O)c1ccc(CCC(=O)NC2CCCCCCC2)cc1. The van der Waals surface area contributed by atoms with Gasteiger partial charge in [-0.25, -0.2) is 13.6 Å². The van der Waals surface area contributed by atoms with Crippen LogP contribution in [0.4, 0.5) is 0 Å². The van der Waals surface area contributed by atoms with Crippen molar-refractivity contribution < 1.29 is 13.2 Å². The highest BCUT2D eigenvalue weighted by atomic mass is 32.2. The van der Waals surface area contributed by atoms with E-state index in [4.69, 9.17) is 5.14 Å². The van der Waals surface area contributed by atoms with E-state index in [9.17, 15) is 13.2 Å². The zero-order valence-electron chi connectivity index (χ0n) is 13.5. The van der Waals surface area contributed by atoms with E-state index in [1.165, 1.54) is 44.2 Å². The molecule has 0 atom stereocenters. The molecule has 1 saturated carbocycles. The van der Waals surface area contributed by atoms with Gasteiger partial charge in [-0.3, -0.25) is 4.79 Å². The van der Waals surface area contributed by atoms with Crippen LogP contribution >= 0.6 is 0 Å². The minimum atomic E-state index is -3.66. The Bertz CT molecular complexity index is 603. The molecule has 3 N–H and O–H groups in total. The van der Waals surface area contributed by atoms with Crippen LogP contribution in [0.25, 0.3) is 0 Å². The first-order chi connectivity index (χ1) is 10.9. The molecule has 1 aliphatic carbocycles. The minimum Gasteiger partial charge on any atom is -0.353 e. The Labute approximate surface area is 138 Å². The minimum absolute atomic E-state index is 0.0751. The van der Waals surface area contributed by atoms with Crippen molar-refractivity contribution in [2.24, 2.45) is 5.14 Å². The molecule has 0 saturated heterocycles. The zero-order valence-corrected chi connectivity index (χ0v) is 14.3. The van der Waals surface area contributed by atoms with E-state index in [2.05, 4.69) is 5.32 Å². The first kappa shape index (κ1) is 17.9. The van der Waals surface area contributed by atoms with Crippen LogP contribution in [0.2, 0.25) is 0 Å². The molecule has 0 aliphatic heterocycles. The summed E-state index contributed by atoms with van der Waals surface area (Å²) in [6.45, 7) is 0. The molecule has 1 aromatic carbocycles. The molecular formula is C17H26N2O3S. The molecule has 0 heterocycles. The largest absolute Gasteiger partial charge is 0.353 e. The topological polar surface area (TPSA) is 89.3 Å². The summed E-state index contributed by atoms with van der Waals surface area (Å²) in [4.78, 5) is 12.2. The number of amides is 1. The summed E-state index contributed by atoms with van der Waals surface area (Å²) in [5.41, 5.74) is 0.935. The third kappa shape index (κ3) is 6.31. The van der Waals surface area contributed by atoms with Gasteiger partial charge in [0.15, 0.2) is 0 Å². The normalized spacial score (nSPS) is 17.3. The lowest BCUT2D eigenvalue weighted by Gasteiger charge is -2.21. The van der Waals surface area contributed by atoms with Crippen LogP contribution in [-0.2, 0) is 21.2 Å². The van der Waals surface area contributed by atoms with Crippen molar-refractivity contribution in [1.29, 1.82) is 0 Å². The number of hydrogen-bond donors (Lipinski definition) is 2. The van der Waals surface area contributed by atoms with Crippen molar-refractivity contribution in [3.63, 3.8) is 0 Å². The van der Waals surface area contributed by atoms with Gasteiger partial charge in [-0.2, -0.15) is 0 Å². The Kier molecular flexibility index (Phi) is 6.59. The number of carbonyl (C=O) groups is 1. The van der Waals surface area contributed by atoms with E-state index >= 15 is 0 Å². The Hall–Kier alpha value is -1.40. The summed E-state index contributed by atoms with van der Waals surface area (Å²) >= 11 is 0. The van der Waals surface area contributed by atoms with Gasteiger partial charge < -0.3 is 5.32 Å². The first-order valence-electron chi connectivity index (χ1n) is 8.36. The van der Waals surface area contributed by atoms with Crippen molar-refractivity contribution in [3.05, 3.63) is 29.8 Å². The molecule has 0 radical (unpaired) electrons. The van der Waals surface area contributed by atoms with E-state index in [1.807, 2.05) is 0 Å². The lowest BCUT2D eigenvalue weighted by Crippen LogP contribution is -2.35. The van der Waals surface area contributed by atoms with Crippen LogP contribution in [0.1, 0.15) is 56.9 Å². The first-order valence-corrected chi connectivity index (χ1v) is 9.91. The maximum Gasteiger partial charge on any atom is 0.238 e. The van der Waals surface area contributed by atoms with Gasteiger partial charge in [0.05, 0.1) is 4.90 Å². The number of benzene rings is 1. The number of aryl methyl sites for hydroxylation is 1. The monoisotopic (exact) mass is 338 g/mol. The van der Waals surface area contributed by atoms with Gasteiger partial charge in [-0.1, -0.05) is 44.2 Å². The lowest BCUT2D eigenvalue weighted by atomic mass is 9.96. The highest BCUT2D eigenvalue weighted by Gasteiger charge is 2.14. The second kappa shape index (κ2) is 8.45. The molecule has 2 rings (SSSR count). The molecule has 0 spiro atoms. The van der Waals surface area contributed by atoms with E-state index in [0.29, 0.717) is 18.9 Å². The van der Waals surface area contributed by atoms with E-state index in [0.717, 1.165) is 18.4 Å². The van der Waals surface area contributed by atoms with Gasteiger partial charge in [0.1, 0.15) is 0 Å². The molecule has 1 amide bonds. The average Bonchev–Trinajstić information content (AvgIpc) is 2.47. The summed E-state index contributed by atoms with van der Waals surface area (Å²) < 4.78 is 22.4. The number of nitrogens with two attached hydrogens (primary N) is 1. The Morgan fingerprint density at radius 2 is 1.61 bits per heavy atom. The summed E-state index contributed by atoms with van der Waals surface area (Å²) in [6.07, 6.45) is 9.42. The van der Waals surface area contributed by atoms with E-state index < -0.39 is 10.0 Å². The molecule has 1 aromatic rings. The van der Waals surface area contributed by atoms with Crippen LogP contribution in [0.3, 0.4) is 0 Å². The molecule has 1 fully saturated rings. The van der Waals surface area contributed by atoms with Crippen LogP contribution in [0.15, 0.2) is 29.2 Å². The van der Waals surface area contributed by atoms with Crippen molar-refractivity contribution in [1.82, 2.24) is 5.32 Å². The number of primary sulfonamides is 1. The molecular weight excluding hydrogens is 312 g/mol. The average molecular weight is 338 g/mol. The van der Waals surface area contributed by atoms with Crippen molar-refractivity contribution in [2.45, 2.75) is 68.7 Å². The van der Waals surface area contributed by atoms with Crippen LogP contribution < -0.4 is 10.5 Å². The maximum atomic E-state index is 12.1. The molecule has 5 nitrogen and oxygen atoms in total. The van der Waals surface area contributed by atoms with Gasteiger partial charge in [0.25, 0.3) is 0 Å². The highest BCUT2D eigenvalue weighted by molar-refractivity contribution is 7.89. The summed E-state index contributed by atoms with van der Waals surface area (Å²) in [5, 5.41) is 8.20. The zero-order chi connectivity index (χ0) is 16.7. The number of carbonyl (C=O) groups excluding carboxylic acids is 1. The van der Waals surface area contributed by atoms with Gasteiger partial charge in [0.2, 0.25) is 15.9 Å². The Morgan fingerprint density at radius 1 is 1.04 bits per heavy atom. The van der Waals surface area contributed by atoms with Gasteiger partial charge in [0, 0.05) is 12.5 Å². The van der Waals surface area contributed by atoms with Gasteiger partial charge in [-0.05, 0) is 37.0 Å². The molecule has 128 valence electrons. The van der Waals surface area contributed by atoms with Gasteiger partial charge in [-0.15, -0.1) is 0 Å². The molecule has 0 unspecified atom stereocenters. The summed E-state index contributed by atoms with van der Waals surface area (Å²) in [7, 11) is -3.66. The lowest BCUT2D eigenvalue weighted by molar-refractivity contribution is -0.121. The van der Waals surface area contributed by atoms with Crippen LogP contribution in [-0.4, -0.2) is 20.4 Å². The summed E-state index contributed by atoms with van der Waals surface area (Å²) in [5.74, 6) is 0.0751. The second-order valence-corrected chi connectivity index (χ2v) is 7.86. The van der Waals surface area contributed by atoms with Crippen molar-refractivity contribution in [2.75, 3.05) is 0 Å². The van der Waals surface area contributed by atoms with Crippen LogP contribution in [0, 0.1) is 0 Å². The molecule has 23 heavy (non-hydrogen) atoms. The smallest absolute Gasteiger partial charge is 0.238 e. The highest BCUT2D eigenvalue weighted by Crippen LogP contribution is 2.17. The fraction of sp³-hybridized carbons (Fsp3) is 0.588. The fourth-order valence-electron chi connectivity index (χ4n) is 3.00. The number of rotatable bonds is 5. The molecule has 0 aromatic heterocycles. The van der Waals surface area contributed by atoms with Crippen molar-refractivity contribution in [3.8, 4) is 0 Å². The fourth-order valence-corrected chi connectivity index (χ4v) is 3.52. The second-order valence-electron chi connectivity index (χ2n) is 6.30. The molecule has 1 aliphatic rings. The third-order valence-corrected chi connectivity index (χ3v) is 5.29. The predicted molar refractivity (Wildman–Crippen MR) is 90.4 cm³/mol. The van der Waals surface area contributed by atoms with Crippen molar-refractivity contribution >= 4 is 15.9 Å². The summed E-state index contributed by atoms with van der Waals surface area (Å²) in [6, 6.07) is 6.70. The maximum absolute atomic E-state index is 12.1. The number of hydrogen-bond acceptors (Lipinski definition) is 3. The van der Waals surface area contributed by atoms with Gasteiger partial charge >= 0.3 is 0 Å². The third-order valence-electron chi connectivity index (χ3n) is 4.36. The number of sulfonamides is 1. The van der Waals surface area contributed by atoms with E-state index in [1.54, 1.807) is 12.1 Å². The standard InChI is InChI=1S/C17H26N2O3S/c18-23(21,22)16-11-8-14(9-12-16)10-13-17(20)19-15-6-4-2-1-3-5-7-15/h8-9,11-12,15H,1-7,10,13H2,(H,19,20)(H2,18,21,22). The number of nitrogens with one attached hydrogen (secondary N) is 1. The Morgan fingerprint density at radius 3 is 2.17 bits per heavy atom.